The zero-order valence-electron chi connectivity index (χ0n) is 9.02. The molecule has 14 heavy (non-hydrogen) atoms. The molecule has 82 valence electrons. The van der Waals surface area contributed by atoms with Crippen molar-refractivity contribution < 1.29 is 4.79 Å². The Bertz CT molecular complexity index is 215. The molecule has 1 rings (SSSR count). The molecule has 2 nitrogen and oxygen atoms in total. The Balaban J connectivity index is 2.36. The molecule has 0 saturated heterocycles. The molecule has 0 heterocycles. The average molecular weight is 280 g/mol. The second-order valence-electron chi connectivity index (χ2n) is 4.40. The van der Waals surface area contributed by atoms with Crippen molar-refractivity contribution in [3.63, 3.8) is 0 Å². The molecule has 0 unspecified atom stereocenters. The summed E-state index contributed by atoms with van der Waals surface area (Å²) in [5, 5.41) is 3.01. The molecule has 0 bridgehead atoms. The van der Waals surface area contributed by atoms with Crippen LogP contribution in [0.3, 0.4) is 0 Å². The van der Waals surface area contributed by atoms with E-state index in [1.54, 1.807) is 0 Å². The van der Waals surface area contributed by atoms with E-state index in [9.17, 15) is 4.79 Å². The summed E-state index contributed by atoms with van der Waals surface area (Å²) >= 11 is 5.24. The molecule has 0 aromatic rings. The van der Waals surface area contributed by atoms with Gasteiger partial charge in [-0.1, -0.05) is 22.4 Å². The molecule has 0 atom stereocenters. The summed E-state index contributed by atoms with van der Waals surface area (Å²) in [6.07, 6.45) is 5.90. The van der Waals surface area contributed by atoms with Gasteiger partial charge in [-0.25, -0.2) is 0 Å². The minimum absolute atomic E-state index is 0.0813. The van der Waals surface area contributed by atoms with Crippen molar-refractivity contribution in [1.82, 2.24) is 5.32 Å². The lowest BCUT2D eigenvalue weighted by molar-refractivity contribution is -0.122. The van der Waals surface area contributed by atoms with Crippen LogP contribution >= 0.6 is 27.7 Å². The Morgan fingerprint density at radius 2 is 2.14 bits per heavy atom. The van der Waals surface area contributed by atoms with Crippen LogP contribution < -0.4 is 5.32 Å². The smallest absolute Gasteiger partial charge is 0.236 e. The van der Waals surface area contributed by atoms with Gasteiger partial charge in [0.15, 0.2) is 0 Å². The summed E-state index contributed by atoms with van der Waals surface area (Å²) in [5.41, 5.74) is 0. The van der Waals surface area contributed by atoms with Crippen molar-refractivity contribution in [3.05, 3.63) is 0 Å². The lowest BCUT2D eigenvalue weighted by atomic mass is 9.84. The first-order valence-corrected chi connectivity index (χ1v) is 6.94. The van der Waals surface area contributed by atoms with Crippen LogP contribution in [0.1, 0.15) is 33.1 Å². The molecule has 0 aromatic carbocycles. The maximum atomic E-state index is 11.6. The monoisotopic (exact) mass is 279 g/mol. The Hall–Kier alpha value is 0.300. The fourth-order valence-corrected chi connectivity index (χ4v) is 2.53. The maximum Gasteiger partial charge on any atom is 0.236 e. The fourth-order valence-electron chi connectivity index (χ4n) is 1.48. The van der Waals surface area contributed by atoms with E-state index in [1.165, 1.54) is 19.3 Å². The molecule has 0 aromatic heterocycles. The van der Waals surface area contributed by atoms with Gasteiger partial charge in [0.2, 0.25) is 5.91 Å². The number of carbonyl (C=O) groups excluding carboxylic acids is 1. The standard InChI is InChI=1S/C10H18BrNOS/c1-9(2,11)8(13)12-7-10(14-3)5-4-6-10/h4-7H2,1-3H3,(H,12,13). The van der Waals surface area contributed by atoms with Crippen LogP contribution in [0, 0.1) is 0 Å². The highest BCUT2D eigenvalue weighted by molar-refractivity contribution is 9.10. The summed E-state index contributed by atoms with van der Waals surface area (Å²) in [7, 11) is 0. The third-order valence-corrected chi connectivity index (χ3v) is 4.59. The molecule has 1 N–H and O–H groups in total. The predicted molar refractivity (Wildman–Crippen MR) is 66.1 cm³/mol. The summed E-state index contributed by atoms with van der Waals surface area (Å²) in [6.45, 7) is 4.55. The van der Waals surface area contributed by atoms with Crippen LogP contribution in [0.2, 0.25) is 0 Å². The van der Waals surface area contributed by atoms with E-state index in [1.807, 2.05) is 25.6 Å². The van der Waals surface area contributed by atoms with E-state index in [0.29, 0.717) is 4.75 Å². The third kappa shape index (κ3) is 2.89. The number of nitrogens with one attached hydrogen (secondary N) is 1. The highest BCUT2D eigenvalue weighted by Crippen LogP contribution is 2.42. The number of carbonyl (C=O) groups is 1. The van der Waals surface area contributed by atoms with Crippen molar-refractivity contribution in [2.24, 2.45) is 0 Å². The van der Waals surface area contributed by atoms with E-state index in [4.69, 9.17) is 0 Å². The second-order valence-corrected chi connectivity index (χ2v) is 7.65. The molecule has 0 radical (unpaired) electrons. The van der Waals surface area contributed by atoms with Gasteiger partial charge >= 0.3 is 0 Å². The van der Waals surface area contributed by atoms with E-state index in [2.05, 4.69) is 27.5 Å². The van der Waals surface area contributed by atoms with Gasteiger partial charge < -0.3 is 5.32 Å². The molecule has 1 aliphatic carbocycles. The largest absolute Gasteiger partial charge is 0.354 e. The van der Waals surface area contributed by atoms with Gasteiger partial charge in [-0.2, -0.15) is 11.8 Å². The minimum atomic E-state index is -0.448. The van der Waals surface area contributed by atoms with Crippen LogP contribution in [0.15, 0.2) is 0 Å². The Labute approximate surface area is 98.7 Å². The molecule has 0 aliphatic heterocycles. The first-order chi connectivity index (χ1) is 6.40. The normalized spacial score (nSPS) is 20.0. The maximum absolute atomic E-state index is 11.6. The Morgan fingerprint density at radius 3 is 2.43 bits per heavy atom. The number of alkyl halides is 1. The van der Waals surface area contributed by atoms with Crippen LogP contribution in [0.5, 0.6) is 0 Å². The topological polar surface area (TPSA) is 29.1 Å². The zero-order valence-corrected chi connectivity index (χ0v) is 11.4. The zero-order chi connectivity index (χ0) is 10.8. The molecular weight excluding hydrogens is 262 g/mol. The third-order valence-electron chi connectivity index (χ3n) is 2.81. The summed E-state index contributed by atoms with van der Waals surface area (Å²) in [5.74, 6) is 0.0813. The predicted octanol–water partition coefficient (Wildman–Crippen LogP) is 2.56. The first-order valence-electron chi connectivity index (χ1n) is 4.92. The molecule has 0 spiro atoms. The number of hydrogen-bond acceptors (Lipinski definition) is 2. The number of hydrogen-bond donors (Lipinski definition) is 1. The van der Waals surface area contributed by atoms with Gasteiger partial charge in [0.25, 0.3) is 0 Å². The first kappa shape index (κ1) is 12.4. The van der Waals surface area contributed by atoms with E-state index in [0.717, 1.165) is 6.54 Å². The molecule has 1 amide bonds. The van der Waals surface area contributed by atoms with Crippen LogP contribution in [-0.4, -0.2) is 27.8 Å². The Kier molecular flexibility index (Phi) is 3.92. The second kappa shape index (κ2) is 4.44. The molecule has 4 heteroatoms. The van der Waals surface area contributed by atoms with Crippen molar-refractivity contribution in [3.8, 4) is 0 Å². The highest BCUT2D eigenvalue weighted by atomic mass is 79.9. The van der Waals surface area contributed by atoms with E-state index < -0.39 is 4.32 Å². The molecular formula is C10H18BrNOS. The average Bonchev–Trinajstić information content (AvgIpc) is 2.01. The van der Waals surface area contributed by atoms with Crippen molar-refractivity contribution >= 4 is 33.6 Å². The number of amides is 1. The van der Waals surface area contributed by atoms with Gasteiger partial charge in [-0.3, -0.25) is 4.79 Å². The summed E-state index contributed by atoms with van der Waals surface area (Å²) in [4.78, 5) is 11.6. The molecule has 1 fully saturated rings. The summed E-state index contributed by atoms with van der Waals surface area (Å²) in [6, 6.07) is 0. The number of rotatable bonds is 4. The minimum Gasteiger partial charge on any atom is -0.354 e. The summed E-state index contributed by atoms with van der Waals surface area (Å²) < 4.78 is -0.121. The van der Waals surface area contributed by atoms with Crippen molar-refractivity contribution in [2.75, 3.05) is 12.8 Å². The van der Waals surface area contributed by atoms with Gasteiger partial charge in [0.1, 0.15) is 0 Å². The fraction of sp³-hybridized carbons (Fsp3) is 0.900. The number of thioether (sulfide) groups is 1. The van der Waals surface area contributed by atoms with Gasteiger partial charge in [-0.05, 0) is 32.9 Å². The van der Waals surface area contributed by atoms with Crippen molar-refractivity contribution in [1.29, 1.82) is 0 Å². The van der Waals surface area contributed by atoms with Gasteiger partial charge in [0, 0.05) is 11.3 Å². The Morgan fingerprint density at radius 1 is 1.57 bits per heavy atom. The van der Waals surface area contributed by atoms with Gasteiger partial charge in [-0.15, -0.1) is 0 Å². The van der Waals surface area contributed by atoms with Gasteiger partial charge in [0.05, 0.1) is 4.32 Å². The van der Waals surface area contributed by atoms with Crippen LogP contribution in [0.4, 0.5) is 0 Å². The van der Waals surface area contributed by atoms with Crippen LogP contribution in [0.25, 0.3) is 0 Å². The lowest BCUT2D eigenvalue weighted by Gasteiger charge is -2.40. The van der Waals surface area contributed by atoms with Crippen LogP contribution in [-0.2, 0) is 4.79 Å². The number of halogens is 1. The highest BCUT2D eigenvalue weighted by Gasteiger charge is 2.37. The quantitative estimate of drug-likeness (QED) is 0.802. The van der Waals surface area contributed by atoms with E-state index >= 15 is 0 Å². The van der Waals surface area contributed by atoms with E-state index in [-0.39, 0.29) is 5.91 Å². The molecule has 1 saturated carbocycles. The lowest BCUT2D eigenvalue weighted by Crippen LogP contribution is -2.48. The van der Waals surface area contributed by atoms with Crippen molar-refractivity contribution in [2.45, 2.75) is 42.2 Å². The SMILES string of the molecule is CSC1(CNC(=O)C(C)(C)Br)CCC1. The molecule has 1 aliphatic rings.